The summed E-state index contributed by atoms with van der Waals surface area (Å²) < 4.78 is 32.3. The molecule has 20 heteroatoms. The van der Waals surface area contributed by atoms with Crippen LogP contribution in [0, 0.1) is 11.8 Å². The van der Waals surface area contributed by atoms with Gasteiger partial charge in [0.2, 0.25) is 5.91 Å². The number of carbonyl (C=O) groups is 4. The molecule has 2 fully saturated rings. The molecule has 0 bridgehead atoms. The maximum absolute atomic E-state index is 14.3. The van der Waals surface area contributed by atoms with Crippen molar-refractivity contribution in [3.05, 3.63) is 102 Å². The number of aromatic amines is 2. The van der Waals surface area contributed by atoms with E-state index in [0.717, 1.165) is 44.2 Å². The van der Waals surface area contributed by atoms with Gasteiger partial charge >= 0.3 is 20.0 Å². The van der Waals surface area contributed by atoms with Crippen LogP contribution >= 0.6 is 7.82 Å². The molecular weight excluding hydrogens is 896 g/mol. The first kappa shape index (κ1) is 46.3. The zero-order valence-corrected chi connectivity index (χ0v) is 39.0. The molecule has 6 N–H and O–H groups in total. The lowest BCUT2D eigenvalue weighted by Crippen LogP contribution is -2.52. The Morgan fingerprint density at radius 1 is 0.912 bits per heavy atom. The number of phosphoric ester groups is 1. The molecule has 68 heavy (non-hydrogen) atoms. The summed E-state index contributed by atoms with van der Waals surface area (Å²) in [4.78, 5) is 91.6. The van der Waals surface area contributed by atoms with Crippen LogP contribution in [0.3, 0.4) is 0 Å². The molecule has 2 aromatic heterocycles. The van der Waals surface area contributed by atoms with E-state index in [1.807, 2.05) is 49.4 Å². The second-order valence-corrected chi connectivity index (χ2v) is 19.1. The number of methoxy groups -OCH3 is 2. The minimum absolute atomic E-state index is 0.0476. The van der Waals surface area contributed by atoms with Crippen molar-refractivity contribution in [2.75, 3.05) is 27.4 Å². The number of rotatable bonds is 12. The van der Waals surface area contributed by atoms with Gasteiger partial charge in [0.25, 0.3) is 5.91 Å². The van der Waals surface area contributed by atoms with E-state index < -0.39 is 56.0 Å². The molecule has 4 aromatic carbocycles. The fraction of sp³-hybridized carbons (Fsp3) is 0.375. The third-order valence-corrected chi connectivity index (χ3v) is 13.5. The number of fused-ring (bicyclic) bond motifs is 6. The SMILES string of the molecule is COC[C@H]1C[C@@H](c2ncc(-c3ccc4c(c3)COc3cc5c(ccc6[nH]c([C@@H]7CC[C@H](C)N7C(=O)[C@@H](NC(=O)OP(=O)(O)O)C(C)C)nc65)cc3-4)[nH]2)N(C(=O)[C@H](NC(=O)OC)c2ccccc2)C1. The summed E-state index contributed by atoms with van der Waals surface area (Å²) in [5, 5.41) is 6.88. The molecule has 3 aliphatic rings. The third kappa shape index (κ3) is 9.13. The number of ether oxygens (including phenoxy) is 3. The van der Waals surface area contributed by atoms with Gasteiger partial charge in [0.15, 0.2) is 0 Å². The number of nitrogens with one attached hydrogen (secondary N) is 4. The van der Waals surface area contributed by atoms with E-state index in [9.17, 15) is 23.7 Å². The number of hydrogen-bond acceptors (Lipinski definition) is 11. The second-order valence-electron chi connectivity index (χ2n) is 18.0. The monoisotopic (exact) mass is 948 g/mol. The van der Waals surface area contributed by atoms with Gasteiger partial charge in [0, 0.05) is 36.6 Å². The van der Waals surface area contributed by atoms with Crippen molar-refractivity contribution < 1.29 is 52.3 Å². The first-order chi connectivity index (χ1) is 32.6. The predicted molar refractivity (Wildman–Crippen MR) is 249 cm³/mol. The van der Waals surface area contributed by atoms with Gasteiger partial charge in [-0.1, -0.05) is 62.4 Å². The van der Waals surface area contributed by atoms with Crippen molar-refractivity contribution in [1.82, 2.24) is 40.4 Å². The van der Waals surface area contributed by atoms with Gasteiger partial charge in [-0.05, 0) is 84.0 Å². The zero-order valence-electron chi connectivity index (χ0n) is 38.1. The normalized spacial score (nSPS) is 19.9. The van der Waals surface area contributed by atoms with E-state index in [1.54, 1.807) is 49.1 Å². The highest BCUT2D eigenvalue weighted by Crippen LogP contribution is 2.44. The van der Waals surface area contributed by atoms with Crippen LogP contribution in [-0.4, -0.2) is 103 Å². The first-order valence-electron chi connectivity index (χ1n) is 22.4. The summed E-state index contributed by atoms with van der Waals surface area (Å²) in [5.41, 5.74) is 6.71. The third-order valence-electron chi connectivity index (χ3n) is 13.1. The number of H-pyrrole nitrogens is 2. The molecular formula is C48H53N8O11P. The number of carbonyl (C=O) groups excluding carboxylic acids is 4. The summed E-state index contributed by atoms with van der Waals surface area (Å²) in [6, 6.07) is 20.2. The second kappa shape index (κ2) is 18.7. The van der Waals surface area contributed by atoms with E-state index in [0.29, 0.717) is 67.5 Å². The lowest BCUT2D eigenvalue weighted by Gasteiger charge is -2.33. The van der Waals surface area contributed by atoms with Crippen LogP contribution < -0.4 is 15.4 Å². The highest BCUT2D eigenvalue weighted by molar-refractivity contribution is 7.46. The largest absolute Gasteiger partial charge is 0.528 e. The smallest absolute Gasteiger partial charge is 0.488 e. The molecule has 0 saturated carbocycles. The predicted octanol–water partition coefficient (Wildman–Crippen LogP) is 7.19. The highest BCUT2D eigenvalue weighted by Gasteiger charge is 2.43. The molecule has 9 rings (SSSR count). The lowest BCUT2D eigenvalue weighted by molar-refractivity contribution is -0.137. The Labute approximate surface area is 391 Å². The number of imidazole rings is 2. The van der Waals surface area contributed by atoms with E-state index in [4.69, 9.17) is 34.0 Å². The number of phosphoric acid groups is 1. The van der Waals surface area contributed by atoms with E-state index >= 15 is 0 Å². The Hall–Kier alpha value is -6.79. The quantitative estimate of drug-likeness (QED) is 0.0666. The maximum Gasteiger partial charge on any atom is 0.528 e. The van der Waals surface area contributed by atoms with Gasteiger partial charge in [0.1, 0.15) is 36.1 Å². The molecule has 0 unspecified atom stereocenters. The molecule has 3 aliphatic heterocycles. The molecule has 0 radical (unpaired) electrons. The average molecular weight is 949 g/mol. The van der Waals surface area contributed by atoms with Crippen LogP contribution in [0.25, 0.3) is 44.2 Å². The number of likely N-dealkylation sites (tertiary alicyclic amines) is 2. The molecule has 0 aliphatic carbocycles. The number of benzene rings is 4. The van der Waals surface area contributed by atoms with Crippen molar-refractivity contribution in [1.29, 1.82) is 0 Å². The Balaban J connectivity index is 0.963. The van der Waals surface area contributed by atoms with Gasteiger partial charge in [-0.3, -0.25) is 19.4 Å². The topological polar surface area (TPSA) is 251 Å². The van der Waals surface area contributed by atoms with Crippen molar-refractivity contribution in [2.45, 2.75) is 76.8 Å². The number of alkyl carbamates (subject to hydrolysis) is 1. The number of nitrogens with zero attached hydrogens (tertiary/aromatic N) is 4. The minimum atomic E-state index is -5.12. The van der Waals surface area contributed by atoms with Gasteiger partial charge in [-0.2, -0.15) is 0 Å². The number of amides is 4. The molecule has 356 valence electrons. The molecule has 5 heterocycles. The van der Waals surface area contributed by atoms with Crippen LogP contribution in [0.1, 0.15) is 80.9 Å². The van der Waals surface area contributed by atoms with Crippen LogP contribution in [0.4, 0.5) is 9.59 Å². The van der Waals surface area contributed by atoms with E-state index in [2.05, 4.69) is 43.3 Å². The number of hydrogen-bond donors (Lipinski definition) is 6. The molecule has 0 spiro atoms. The Bertz CT molecular complexity index is 2950. The van der Waals surface area contributed by atoms with Gasteiger partial charge < -0.3 is 49.1 Å². The summed E-state index contributed by atoms with van der Waals surface area (Å²) >= 11 is 0. The Morgan fingerprint density at radius 3 is 2.44 bits per heavy atom. The fourth-order valence-electron chi connectivity index (χ4n) is 9.90. The molecule has 6 aromatic rings. The summed E-state index contributed by atoms with van der Waals surface area (Å²) in [6.45, 7) is 6.56. The van der Waals surface area contributed by atoms with Crippen molar-refractivity contribution in [3.8, 4) is 28.1 Å². The van der Waals surface area contributed by atoms with Gasteiger partial charge in [0.05, 0.1) is 48.7 Å². The van der Waals surface area contributed by atoms with Crippen LogP contribution in [0.5, 0.6) is 5.75 Å². The summed E-state index contributed by atoms with van der Waals surface area (Å²) in [6.07, 6.45) is 1.58. The average Bonchev–Trinajstić information content (AvgIpc) is 4.14. The van der Waals surface area contributed by atoms with Crippen molar-refractivity contribution >= 4 is 53.6 Å². The zero-order chi connectivity index (χ0) is 48.0. The van der Waals surface area contributed by atoms with E-state index in [1.165, 1.54) is 7.11 Å². The Morgan fingerprint density at radius 2 is 1.71 bits per heavy atom. The molecule has 6 atom stereocenters. The highest BCUT2D eigenvalue weighted by atomic mass is 31.2. The van der Waals surface area contributed by atoms with E-state index in [-0.39, 0.29) is 17.9 Å². The first-order valence-corrected chi connectivity index (χ1v) is 24.0. The standard InChI is InChI=1S/C48H53N8O11P/c1-25(2)40(53-48(60)67-68(61,62)63)46(58)56-26(3)11-16-37(56)44-50-35-15-13-29-19-34-32-14-12-30(18-31(32)24-66-39(34)20-33(29)42(35)52-44)36-21-49-43(51-36)38-17-27(23-64-4)22-55(38)45(57)41(54-47(59)65-5)28-9-7-6-8-10-28/h6-10,12-15,18-21,25-27,37-38,40-41H,11,16-17,22-24H2,1-5H3,(H,49,51)(H,50,52)(H,53,60)(H,54,59)(H2,61,62,63)/t26-,27-,37-,38-,40-,41+/m0/s1. The fourth-order valence-corrected chi connectivity index (χ4v) is 10.2. The summed E-state index contributed by atoms with van der Waals surface area (Å²) in [7, 11) is -2.22. The lowest BCUT2D eigenvalue weighted by atomic mass is 9.92. The molecule has 4 amide bonds. The van der Waals surface area contributed by atoms with Crippen LogP contribution in [0.2, 0.25) is 0 Å². The maximum atomic E-state index is 14.3. The molecule has 2 saturated heterocycles. The minimum Gasteiger partial charge on any atom is -0.488 e. The van der Waals surface area contributed by atoms with Gasteiger partial charge in [-0.15, -0.1) is 0 Å². The van der Waals surface area contributed by atoms with Crippen molar-refractivity contribution in [3.63, 3.8) is 0 Å². The number of aromatic nitrogens is 4. The summed E-state index contributed by atoms with van der Waals surface area (Å²) in [5.74, 6) is 0.844. The van der Waals surface area contributed by atoms with Crippen LogP contribution in [-0.2, 0) is 34.8 Å². The van der Waals surface area contributed by atoms with Gasteiger partial charge in [-0.25, -0.2) is 24.1 Å². The molecule has 19 nitrogen and oxygen atoms in total. The van der Waals surface area contributed by atoms with Crippen molar-refractivity contribution in [2.24, 2.45) is 11.8 Å². The Kier molecular flexibility index (Phi) is 12.7. The van der Waals surface area contributed by atoms with Crippen LogP contribution in [0.15, 0.2) is 79.0 Å².